The summed E-state index contributed by atoms with van der Waals surface area (Å²) >= 11 is 1.82. The molecule has 302 valence electrons. The Bertz CT molecular complexity index is 4070. The van der Waals surface area contributed by atoms with Crippen LogP contribution in [0.2, 0.25) is 0 Å². The quantitative estimate of drug-likeness (QED) is 0.133. The minimum Gasteiger partial charge on any atom is -0.456 e. The molecule has 13 rings (SSSR count). The minimum atomic E-state index is 0.320. The van der Waals surface area contributed by atoms with E-state index in [-0.39, 0.29) is 0 Å². The molecule has 2 N–H and O–H groups in total. The van der Waals surface area contributed by atoms with Crippen molar-refractivity contribution in [2.24, 2.45) is 15.7 Å². The first kappa shape index (κ1) is 36.4. The van der Waals surface area contributed by atoms with Crippen molar-refractivity contribution >= 4 is 109 Å². The molecule has 0 atom stereocenters. The largest absolute Gasteiger partial charge is 0.456 e. The zero-order valence-corrected chi connectivity index (χ0v) is 35.0. The van der Waals surface area contributed by atoms with Crippen molar-refractivity contribution in [3.63, 3.8) is 0 Å². The first-order valence-electron chi connectivity index (χ1n) is 21.3. The van der Waals surface area contributed by atoms with Gasteiger partial charge in [0, 0.05) is 58.1 Å². The van der Waals surface area contributed by atoms with Crippen molar-refractivity contribution in [2.45, 2.75) is 6.54 Å². The summed E-state index contributed by atoms with van der Waals surface area (Å²) in [7, 11) is 0. The number of hydrogen-bond donors (Lipinski definition) is 1. The second-order valence-electron chi connectivity index (χ2n) is 16.2. The lowest BCUT2D eigenvalue weighted by atomic mass is 9.93. The lowest BCUT2D eigenvalue weighted by Gasteiger charge is -2.10. The monoisotopic (exact) mass is 841 g/mol. The number of amidine groups is 2. The molecule has 64 heavy (non-hydrogen) atoms. The van der Waals surface area contributed by atoms with Crippen LogP contribution in [0.3, 0.4) is 0 Å². The highest BCUT2D eigenvalue weighted by molar-refractivity contribution is 7.25. The van der Waals surface area contributed by atoms with Gasteiger partial charge in [0.25, 0.3) is 0 Å². The molecule has 0 unspecified atom stereocenters. The van der Waals surface area contributed by atoms with Crippen molar-refractivity contribution in [2.75, 3.05) is 0 Å². The maximum Gasteiger partial charge on any atom is 0.161 e. The van der Waals surface area contributed by atoms with Crippen LogP contribution in [0.5, 0.6) is 0 Å². The van der Waals surface area contributed by atoms with Gasteiger partial charge >= 0.3 is 0 Å². The van der Waals surface area contributed by atoms with Crippen LogP contribution in [0.25, 0.3) is 108 Å². The Hall–Kier alpha value is -8.26. The van der Waals surface area contributed by atoms with Crippen LogP contribution >= 0.6 is 11.3 Å². The summed E-state index contributed by atoms with van der Waals surface area (Å²) in [5.74, 6) is 0.803. The van der Waals surface area contributed by atoms with E-state index < -0.39 is 0 Å². The SMILES string of the molecule is NC(=NC(=NCc1ccccc1)c1cccc2c1oc1ccccc12)c1cccc2oc3ccc(-c4cc(-c5ccc6c(c5)sc5ccccc56)cc5oc6ccccc6c45)cc3c12. The lowest BCUT2D eigenvalue weighted by molar-refractivity contribution is 0.667. The number of benzene rings is 9. The molecule has 13 aromatic rings. The standard InChI is InChI=1S/C57H35N3O3S/c58-56(60-57(59-32-33-12-2-1-3-13-33)43-19-10-17-40-37-14-4-7-20-46(37)63-55(40)43)42-18-11-22-49-54(42)45-28-35(25-27-48(45)61-49)44-29-36(30-50-53(44)41-16-5-8-21-47(41)62-50)34-24-26-39-38-15-6-9-23-51(38)64-52(39)31-34/h1-31H,32H2,(H2,58,59,60). The van der Waals surface area contributed by atoms with Crippen LogP contribution in [0.4, 0.5) is 0 Å². The Labute approximate surface area is 369 Å². The van der Waals surface area contributed by atoms with Gasteiger partial charge in [-0.05, 0) is 88.5 Å². The van der Waals surface area contributed by atoms with E-state index in [1.807, 2.05) is 90.2 Å². The number of aliphatic imine (C=N–C) groups is 2. The highest BCUT2D eigenvalue weighted by Gasteiger charge is 2.21. The van der Waals surface area contributed by atoms with Crippen molar-refractivity contribution in [1.29, 1.82) is 0 Å². The molecule has 0 amide bonds. The Morgan fingerprint density at radius 1 is 0.438 bits per heavy atom. The molecule has 4 heterocycles. The smallest absolute Gasteiger partial charge is 0.161 e. The third-order valence-electron chi connectivity index (χ3n) is 12.4. The first-order valence-corrected chi connectivity index (χ1v) is 22.1. The van der Waals surface area contributed by atoms with Crippen LogP contribution in [0, 0.1) is 0 Å². The second-order valence-corrected chi connectivity index (χ2v) is 17.3. The normalized spacial score (nSPS) is 12.7. The summed E-state index contributed by atoms with van der Waals surface area (Å²) in [6.45, 7) is 0.417. The molecule has 4 aromatic heterocycles. The summed E-state index contributed by atoms with van der Waals surface area (Å²) in [5.41, 5.74) is 18.7. The third kappa shape index (κ3) is 5.86. The molecule has 0 aliphatic carbocycles. The van der Waals surface area contributed by atoms with E-state index in [1.165, 1.54) is 20.2 Å². The fraction of sp³-hybridized carbons (Fsp3) is 0.0175. The van der Waals surface area contributed by atoms with Crippen molar-refractivity contribution in [3.8, 4) is 22.3 Å². The summed E-state index contributed by atoms with van der Waals surface area (Å²) in [6.07, 6.45) is 0. The zero-order chi connectivity index (χ0) is 42.3. The van der Waals surface area contributed by atoms with Gasteiger partial charge in [-0.3, -0.25) is 4.99 Å². The maximum atomic E-state index is 7.14. The molecule has 0 fully saturated rings. The summed E-state index contributed by atoms with van der Waals surface area (Å²) < 4.78 is 22.2. The van der Waals surface area contributed by atoms with Crippen LogP contribution in [0.15, 0.2) is 211 Å². The Balaban J connectivity index is 0.983. The topological polar surface area (TPSA) is 90.2 Å². The van der Waals surface area contributed by atoms with Gasteiger partial charge < -0.3 is 19.0 Å². The molecule has 7 heteroatoms. The molecular weight excluding hydrogens is 807 g/mol. The van der Waals surface area contributed by atoms with Gasteiger partial charge in [-0.2, -0.15) is 0 Å². The summed E-state index contributed by atoms with van der Waals surface area (Å²) in [6, 6.07) is 64.8. The van der Waals surface area contributed by atoms with Crippen LogP contribution < -0.4 is 5.73 Å². The van der Waals surface area contributed by atoms with E-state index in [0.29, 0.717) is 29.4 Å². The molecule has 0 radical (unpaired) electrons. The molecule has 0 saturated carbocycles. The summed E-state index contributed by atoms with van der Waals surface area (Å²) in [5, 5.41) is 8.52. The van der Waals surface area contributed by atoms with Gasteiger partial charge in [0.15, 0.2) is 5.84 Å². The molecule has 0 bridgehead atoms. The summed E-state index contributed by atoms with van der Waals surface area (Å²) in [4.78, 5) is 10.3. The van der Waals surface area contributed by atoms with Crippen LogP contribution in [0.1, 0.15) is 16.7 Å². The number of furan rings is 3. The van der Waals surface area contributed by atoms with Crippen molar-refractivity contribution in [3.05, 3.63) is 205 Å². The number of nitrogens with zero attached hydrogens (tertiary/aromatic N) is 2. The fourth-order valence-corrected chi connectivity index (χ4v) is 10.5. The minimum absolute atomic E-state index is 0.320. The van der Waals surface area contributed by atoms with Gasteiger partial charge in [0.2, 0.25) is 0 Å². The van der Waals surface area contributed by atoms with E-state index in [4.69, 9.17) is 29.0 Å². The van der Waals surface area contributed by atoms with Gasteiger partial charge in [-0.15, -0.1) is 11.3 Å². The zero-order valence-electron chi connectivity index (χ0n) is 34.2. The molecule has 0 aliphatic rings. The van der Waals surface area contributed by atoms with Crippen molar-refractivity contribution in [1.82, 2.24) is 0 Å². The number of hydrogen-bond acceptors (Lipinski definition) is 5. The number of para-hydroxylation sites is 3. The van der Waals surface area contributed by atoms with E-state index in [1.54, 1.807) is 0 Å². The molecule has 6 nitrogen and oxygen atoms in total. The average molecular weight is 842 g/mol. The molecule has 0 saturated heterocycles. The second kappa shape index (κ2) is 14.4. The number of thiophene rings is 1. The van der Waals surface area contributed by atoms with E-state index in [9.17, 15) is 0 Å². The fourth-order valence-electron chi connectivity index (χ4n) is 9.39. The molecule has 0 aliphatic heterocycles. The first-order chi connectivity index (χ1) is 31.6. The van der Waals surface area contributed by atoms with E-state index in [0.717, 1.165) is 93.6 Å². The molecular formula is C57H35N3O3S. The Morgan fingerprint density at radius 2 is 1.11 bits per heavy atom. The highest BCUT2D eigenvalue weighted by atomic mass is 32.1. The molecule has 0 spiro atoms. The predicted molar refractivity (Wildman–Crippen MR) is 266 cm³/mol. The van der Waals surface area contributed by atoms with Crippen molar-refractivity contribution < 1.29 is 13.3 Å². The lowest BCUT2D eigenvalue weighted by Crippen LogP contribution is -2.17. The molecule has 9 aromatic carbocycles. The Morgan fingerprint density at radius 3 is 2.00 bits per heavy atom. The van der Waals surface area contributed by atoms with Gasteiger partial charge in [0.05, 0.1) is 12.1 Å². The maximum absolute atomic E-state index is 7.14. The van der Waals surface area contributed by atoms with Gasteiger partial charge in [-0.1, -0.05) is 127 Å². The number of rotatable bonds is 6. The average Bonchev–Trinajstić information content (AvgIpc) is 4.12. The highest BCUT2D eigenvalue weighted by Crippen LogP contribution is 2.44. The predicted octanol–water partition coefficient (Wildman–Crippen LogP) is 15.4. The van der Waals surface area contributed by atoms with E-state index in [2.05, 4.69) is 109 Å². The van der Waals surface area contributed by atoms with Gasteiger partial charge in [0.1, 0.15) is 39.3 Å². The van der Waals surface area contributed by atoms with Crippen LogP contribution in [-0.4, -0.2) is 11.7 Å². The van der Waals surface area contributed by atoms with Crippen LogP contribution in [-0.2, 0) is 6.54 Å². The van der Waals surface area contributed by atoms with Gasteiger partial charge in [-0.25, -0.2) is 4.99 Å². The van der Waals surface area contributed by atoms with E-state index >= 15 is 0 Å². The third-order valence-corrected chi connectivity index (χ3v) is 13.5. The Kier molecular flexibility index (Phi) is 8.20. The number of fused-ring (bicyclic) bond motifs is 12. The number of nitrogens with two attached hydrogens (primary N) is 1.